The molecule has 4 aromatic rings. The Balaban J connectivity index is 1.86. The Hall–Kier alpha value is -4.54. The van der Waals surface area contributed by atoms with Crippen LogP contribution in [0.2, 0.25) is 0 Å². The Morgan fingerprint density at radius 1 is 0.972 bits per heavy atom. The van der Waals surface area contributed by atoms with Gasteiger partial charge in [-0.25, -0.2) is 9.18 Å². The lowest BCUT2D eigenvalue weighted by Gasteiger charge is -2.14. The van der Waals surface area contributed by atoms with E-state index >= 15 is 0 Å². The molecular weight excluding hydrogens is 480 g/mol. The number of anilines is 1. The number of rotatable bonds is 5. The van der Waals surface area contributed by atoms with Crippen LogP contribution in [0.1, 0.15) is 27.2 Å². The molecule has 0 spiro atoms. The minimum Gasteiger partial charge on any atom is -0.320 e. The number of nitrogens with zero attached hydrogens (tertiary/aromatic N) is 3. The highest BCUT2D eigenvalue weighted by Crippen LogP contribution is 2.29. The number of carbonyl (C=O) groups excluding carboxylic acids is 1. The molecule has 0 bridgehead atoms. The number of alkyl halides is 3. The molecule has 0 aliphatic heterocycles. The van der Waals surface area contributed by atoms with Crippen LogP contribution in [0.4, 0.5) is 23.2 Å². The van der Waals surface area contributed by atoms with Crippen molar-refractivity contribution in [3.05, 3.63) is 122 Å². The normalized spacial score (nSPS) is 11.4. The van der Waals surface area contributed by atoms with Crippen LogP contribution in [0, 0.1) is 12.7 Å². The van der Waals surface area contributed by atoms with E-state index in [0.717, 1.165) is 40.6 Å². The fourth-order valence-corrected chi connectivity index (χ4v) is 3.51. The van der Waals surface area contributed by atoms with Crippen LogP contribution < -0.4 is 16.6 Å². The molecule has 36 heavy (non-hydrogen) atoms. The van der Waals surface area contributed by atoms with Gasteiger partial charge in [0.2, 0.25) is 5.69 Å². The van der Waals surface area contributed by atoms with Crippen molar-refractivity contribution in [2.45, 2.75) is 19.6 Å². The average Bonchev–Trinajstić information content (AvgIpc) is 2.81. The van der Waals surface area contributed by atoms with Crippen molar-refractivity contribution < 1.29 is 22.4 Å². The molecule has 0 saturated carbocycles. The van der Waals surface area contributed by atoms with Crippen molar-refractivity contribution in [3.8, 4) is 5.69 Å². The van der Waals surface area contributed by atoms with Crippen LogP contribution in [0.3, 0.4) is 0 Å². The van der Waals surface area contributed by atoms with Gasteiger partial charge in [-0.15, -0.1) is 0 Å². The quantitative estimate of drug-likeness (QED) is 0.419. The summed E-state index contributed by atoms with van der Waals surface area (Å²) in [6.45, 7) is 1.21. The van der Waals surface area contributed by atoms with Gasteiger partial charge < -0.3 is 5.32 Å². The van der Waals surface area contributed by atoms with Gasteiger partial charge in [0, 0.05) is 5.69 Å². The summed E-state index contributed by atoms with van der Waals surface area (Å²) in [5, 5.41) is 6.30. The zero-order valence-electron chi connectivity index (χ0n) is 18.7. The van der Waals surface area contributed by atoms with Gasteiger partial charge in [0.25, 0.3) is 11.5 Å². The highest BCUT2D eigenvalue weighted by Gasteiger charge is 2.30. The van der Waals surface area contributed by atoms with E-state index in [9.17, 15) is 31.9 Å². The zero-order valence-corrected chi connectivity index (χ0v) is 18.7. The van der Waals surface area contributed by atoms with E-state index in [1.165, 1.54) is 24.3 Å². The molecule has 184 valence electrons. The Kier molecular flexibility index (Phi) is 6.56. The SMILES string of the molecule is Cc1cccc(-n2nc(C(=O)Nc3cccc(F)c3)c(=O)n(Cc3cccc(C(F)(F)F)c3)c2=O)c1. The summed E-state index contributed by atoms with van der Waals surface area (Å²) < 4.78 is 54.5. The van der Waals surface area contributed by atoms with E-state index in [4.69, 9.17) is 0 Å². The lowest BCUT2D eigenvalue weighted by Crippen LogP contribution is -2.45. The molecule has 1 amide bonds. The number of amides is 1. The average molecular weight is 498 g/mol. The van der Waals surface area contributed by atoms with Gasteiger partial charge in [0.05, 0.1) is 17.8 Å². The number of halogens is 4. The Bertz CT molecular complexity index is 1570. The Labute approximate surface area is 201 Å². The summed E-state index contributed by atoms with van der Waals surface area (Å²) in [5.41, 5.74) is -2.68. The molecule has 0 radical (unpaired) electrons. The van der Waals surface area contributed by atoms with Crippen LogP contribution in [-0.4, -0.2) is 20.3 Å². The summed E-state index contributed by atoms with van der Waals surface area (Å²) in [7, 11) is 0. The van der Waals surface area contributed by atoms with Gasteiger partial charge >= 0.3 is 11.9 Å². The molecular formula is C25H18F4N4O3. The van der Waals surface area contributed by atoms with Crippen LogP contribution in [-0.2, 0) is 12.7 Å². The zero-order chi connectivity index (χ0) is 26.0. The van der Waals surface area contributed by atoms with E-state index in [1.54, 1.807) is 25.1 Å². The molecule has 7 nitrogen and oxygen atoms in total. The molecule has 4 rings (SSSR count). The maximum Gasteiger partial charge on any atom is 0.416 e. The smallest absolute Gasteiger partial charge is 0.320 e. The van der Waals surface area contributed by atoms with Crippen molar-refractivity contribution in [3.63, 3.8) is 0 Å². The topological polar surface area (TPSA) is 86.0 Å². The Morgan fingerprint density at radius 3 is 2.39 bits per heavy atom. The van der Waals surface area contributed by atoms with E-state index in [0.29, 0.717) is 4.57 Å². The molecule has 1 heterocycles. The van der Waals surface area contributed by atoms with Crippen molar-refractivity contribution >= 4 is 11.6 Å². The minimum absolute atomic E-state index is 0.0162. The highest BCUT2D eigenvalue weighted by atomic mass is 19.4. The molecule has 0 saturated heterocycles. The third-order valence-corrected chi connectivity index (χ3v) is 5.20. The molecule has 0 atom stereocenters. The molecule has 1 aromatic heterocycles. The molecule has 0 fully saturated rings. The predicted molar refractivity (Wildman–Crippen MR) is 124 cm³/mol. The van der Waals surface area contributed by atoms with Crippen molar-refractivity contribution in [1.29, 1.82) is 0 Å². The number of benzene rings is 3. The second-order valence-electron chi connectivity index (χ2n) is 7.94. The third-order valence-electron chi connectivity index (χ3n) is 5.20. The number of nitrogens with one attached hydrogen (secondary N) is 1. The van der Waals surface area contributed by atoms with Crippen LogP contribution >= 0.6 is 0 Å². The first-order chi connectivity index (χ1) is 17.0. The van der Waals surface area contributed by atoms with Crippen LogP contribution in [0.15, 0.2) is 82.4 Å². The number of aromatic nitrogens is 3. The van der Waals surface area contributed by atoms with Gasteiger partial charge in [0.1, 0.15) is 5.82 Å². The van der Waals surface area contributed by atoms with E-state index in [2.05, 4.69) is 10.4 Å². The first-order valence-electron chi connectivity index (χ1n) is 10.6. The Morgan fingerprint density at radius 2 is 1.69 bits per heavy atom. The summed E-state index contributed by atoms with van der Waals surface area (Å²) in [4.78, 5) is 39.3. The number of hydrogen-bond donors (Lipinski definition) is 1. The van der Waals surface area contributed by atoms with Gasteiger partial charge in [-0.3, -0.25) is 14.2 Å². The van der Waals surface area contributed by atoms with Gasteiger partial charge in [0.15, 0.2) is 0 Å². The number of aryl methyl sites for hydroxylation is 1. The first kappa shape index (κ1) is 24.6. The fraction of sp³-hybridized carbons (Fsp3) is 0.120. The van der Waals surface area contributed by atoms with E-state index < -0.39 is 47.0 Å². The molecule has 0 aliphatic carbocycles. The fourth-order valence-electron chi connectivity index (χ4n) is 3.51. The predicted octanol–water partition coefficient (Wildman–Crippen LogP) is 4.16. The molecule has 3 aromatic carbocycles. The van der Waals surface area contributed by atoms with E-state index in [-0.39, 0.29) is 16.9 Å². The highest BCUT2D eigenvalue weighted by molar-refractivity contribution is 6.02. The molecule has 0 unspecified atom stereocenters. The standard InChI is InChI=1S/C25H18F4N4O3/c1-15-5-2-10-20(11-15)33-24(36)32(14-16-6-3-7-17(12-16)25(27,28)29)23(35)21(31-33)22(34)30-19-9-4-8-18(26)13-19/h2-13H,14H2,1H3,(H,30,34). The summed E-state index contributed by atoms with van der Waals surface area (Å²) in [5.74, 6) is -1.66. The maximum atomic E-state index is 13.5. The van der Waals surface area contributed by atoms with Gasteiger partial charge in [-0.2, -0.15) is 23.0 Å². The second-order valence-corrected chi connectivity index (χ2v) is 7.94. The lowest BCUT2D eigenvalue weighted by molar-refractivity contribution is -0.137. The van der Waals surface area contributed by atoms with Crippen LogP contribution in [0.25, 0.3) is 5.69 Å². The van der Waals surface area contributed by atoms with Crippen molar-refractivity contribution in [2.24, 2.45) is 0 Å². The van der Waals surface area contributed by atoms with Crippen molar-refractivity contribution in [2.75, 3.05) is 5.32 Å². The summed E-state index contributed by atoms with van der Waals surface area (Å²) in [6.07, 6.45) is -4.63. The number of carbonyl (C=O) groups is 1. The summed E-state index contributed by atoms with van der Waals surface area (Å²) >= 11 is 0. The molecule has 0 aliphatic rings. The van der Waals surface area contributed by atoms with E-state index in [1.807, 2.05) is 0 Å². The molecule has 11 heteroatoms. The van der Waals surface area contributed by atoms with Crippen LogP contribution in [0.5, 0.6) is 0 Å². The first-order valence-corrected chi connectivity index (χ1v) is 10.6. The van der Waals surface area contributed by atoms with Crippen molar-refractivity contribution in [1.82, 2.24) is 14.3 Å². The monoisotopic (exact) mass is 498 g/mol. The molecule has 1 N–H and O–H groups in total. The largest absolute Gasteiger partial charge is 0.416 e. The maximum absolute atomic E-state index is 13.5. The van der Waals surface area contributed by atoms with Gasteiger partial charge in [-0.05, 0) is 60.5 Å². The second kappa shape index (κ2) is 9.61. The van der Waals surface area contributed by atoms with Gasteiger partial charge in [-0.1, -0.05) is 30.3 Å². The third kappa shape index (κ3) is 5.24. The minimum atomic E-state index is -4.63. The lowest BCUT2D eigenvalue weighted by atomic mass is 10.1. The summed E-state index contributed by atoms with van der Waals surface area (Å²) in [6, 6.07) is 15.6. The number of hydrogen-bond acceptors (Lipinski definition) is 4.